The van der Waals surface area contributed by atoms with E-state index < -0.39 is 37.0 Å². The summed E-state index contributed by atoms with van der Waals surface area (Å²) in [6.45, 7) is 1.09. The fraction of sp³-hybridized carbons (Fsp3) is 0.875. The van der Waals surface area contributed by atoms with Crippen LogP contribution in [0.1, 0.15) is 9.78 Å². The van der Waals surface area contributed by atoms with Gasteiger partial charge in [-0.3, -0.25) is 0 Å². The quantitative estimate of drug-likeness (QED) is 0.254. The van der Waals surface area contributed by atoms with Crippen molar-refractivity contribution >= 4 is 43.7 Å². The molecule has 0 aliphatic heterocycles. The molecule has 0 aromatic rings. The molecule has 0 aromatic heterocycles. The Morgan fingerprint density at radius 2 is 1.47 bits per heavy atom. The van der Waals surface area contributed by atoms with E-state index in [1.54, 1.807) is 6.92 Å². The van der Waals surface area contributed by atoms with E-state index >= 15 is 0 Å². The van der Waals surface area contributed by atoms with Crippen LogP contribution >= 0.6 is 0 Å². The maximum absolute atomic E-state index is 10.1. The van der Waals surface area contributed by atoms with Crippen molar-refractivity contribution in [2.45, 2.75) is 31.3 Å². The summed E-state index contributed by atoms with van der Waals surface area (Å²) in [4.78, 5) is 10.1. The SMILES string of the molecule is CCO.O=C(O)C(O)C(O)C(O)C(O)CO.[Ca+2].[H-].[H-]. The largest absolute Gasteiger partial charge is 2.00 e. The summed E-state index contributed by atoms with van der Waals surface area (Å²) in [6, 6.07) is 0. The van der Waals surface area contributed by atoms with Gasteiger partial charge in [0.1, 0.15) is 18.3 Å². The Kier molecular flexibility index (Phi) is 17.2. The average Bonchev–Trinajstić information content (AvgIpc) is 2.25. The van der Waals surface area contributed by atoms with Crippen LogP contribution in [0.2, 0.25) is 0 Å². The molecule has 7 N–H and O–H groups in total. The van der Waals surface area contributed by atoms with E-state index in [4.69, 9.17) is 35.7 Å². The minimum absolute atomic E-state index is 0. The van der Waals surface area contributed by atoms with E-state index in [0.717, 1.165) is 0 Å². The number of hydrogen-bond acceptors (Lipinski definition) is 7. The second kappa shape index (κ2) is 12.9. The van der Waals surface area contributed by atoms with Gasteiger partial charge in [-0.2, -0.15) is 0 Å². The van der Waals surface area contributed by atoms with Crippen molar-refractivity contribution < 1.29 is 43.4 Å². The Morgan fingerprint density at radius 1 is 1.12 bits per heavy atom. The van der Waals surface area contributed by atoms with Gasteiger partial charge in [0.05, 0.1) is 6.61 Å². The Hall–Kier alpha value is 0.490. The number of carboxylic acids is 1. The Labute approximate surface area is 131 Å². The van der Waals surface area contributed by atoms with Crippen molar-refractivity contribution in [3.05, 3.63) is 0 Å². The molecule has 17 heavy (non-hydrogen) atoms. The maximum atomic E-state index is 10.1. The van der Waals surface area contributed by atoms with Crippen LogP contribution in [0, 0.1) is 0 Å². The van der Waals surface area contributed by atoms with Gasteiger partial charge in [0.15, 0.2) is 6.10 Å². The van der Waals surface area contributed by atoms with Crippen LogP contribution < -0.4 is 0 Å². The van der Waals surface area contributed by atoms with Crippen molar-refractivity contribution in [1.29, 1.82) is 0 Å². The summed E-state index contributed by atoms with van der Waals surface area (Å²) < 4.78 is 0. The number of aliphatic hydroxyl groups is 6. The van der Waals surface area contributed by atoms with E-state index in [-0.39, 0.29) is 47.2 Å². The molecule has 4 atom stereocenters. The minimum Gasteiger partial charge on any atom is -1.00 e. The van der Waals surface area contributed by atoms with Crippen molar-refractivity contribution in [3.8, 4) is 0 Å². The third-order valence-electron chi connectivity index (χ3n) is 1.51. The van der Waals surface area contributed by atoms with Crippen LogP contribution in [0.15, 0.2) is 0 Å². The first-order valence-electron chi connectivity index (χ1n) is 4.50. The molecule has 0 saturated carbocycles. The second-order valence-electron chi connectivity index (χ2n) is 2.83. The Bertz CT molecular complexity index is 200. The van der Waals surface area contributed by atoms with Crippen LogP contribution in [-0.2, 0) is 4.79 Å². The molecule has 0 aliphatic rings. The number of rotatable bonds is 5. The molecule has 0 amide bonds. The first kappa shape index (κ1) is 22.7. The molecule has 0 rings (SSSR count). The summed E-state index contributed by atoms with van der Waals surface area (Å²) >= 11 is 0. The summed E-state index contributed by atoms with van der Waals surface area (Å²) in [5.74, 6) is -1.73. The van der Waals surface area contributed by atoms with Crippen LogP contribution in [0.4, 0.5) is 0 Å². The molecule has 0 aliphatic carbocycles. The monoisotopic (exact) mass is 284 g/mol. The first-order valence-corrected chi connectivity index (χ1v) is 4.50. The van der Waals surface area contributed by atoms with Gasteiger partial charge in [0.2, 0.25) is 0 Å². The average molecular weight is 284 g/mol. The van der Waals surface area contributed by atoms with E-state index in [2.05, 4.69) is 0 Å². The van der Waals surface area contributed by atoms with Gasteiger partial charge >= 0.3 is 43.7 Å². The van der Waals surface area contributed by atoms with Crippen molar-refractivity contribution in [2.24, 2.45) is 0 Å². The molecule has 102 valence electrons. The van der Waals surface area contributed by atoms with E-state index in [1.807, 2.05) is 0 Å². The number of carboxylic acid groups (broad SMARTS) is 1. The molecule has 0 spiro atoms. The minimum atomic E-state index is -2.20. The second-order valence-corrected chi connectivity index (χ2v) is 2.83. The van der Waals surface area contributed by atoms with Gasteiger partial charge in [0.25, 0.3) is 0 Å². The normalized spacial score (nSPS) is 16.6. The first-order chi connectivity index (χ1) is 7.33. The molecule has 0 bridgehead atoms. The van der Waals surface area contributed by atoms with Gasteiger partial charge in [-0.25, -0.2) is 4.79 Å². The summed E-state index contributed by atoms with van der Waals surface area (Å²) in [5.41, 5.74) is 0. The van der Waals surface area contributed by atoms with Crippen LogP contribution in [0.5, 0.6) is 0 Å². The van der Waals surface area contributed by atoms with E-state index in [1.165, 1.54) is 0 Å². The van der Waals surface area contributed by atoms with Crippen molar-refractivity contribution in [2.75, 3.05) is 13.2 Å². The molecule has 0 radical (unpaired) electrons. The predicted molar refractivity (Wildman–Crippen MR) is 59.5 cm³/mol. The molecular formula is C8H20CaO8. The summed E-state index contributed by atoms with van der Waals surface area (Å²) in [7, 11) is 0. The predicted octanol–water partition coefficient (Wildman–Crippen LogP) is -3.65. The summed E-state index contributed by atoms with van der Waals surface area (Å²) in [5, 5.41) is 59.4. The third-order valence-corrected chi connectivity index (χ3v) is 1.51. The number of aliphatic hydroxyl groups excluding tert-OH is 6. The molecule has 0 saturated heterocycles. The Balaban J connectivity index is -0.0000000992. The van der Waals surface area contributed by atoms with Gasteiger partial charge in [-0.1, -0.05) is 0 Å². The van der Waals surface area contributed by atoms with Crippen LogP contribution in [0.3, 0.4) is 0 Å². The Morgan fingerprint density at radius 3 is 1.71 bits per heavy atom. The zero-order valence-corrected chi connectivity index (χ0v) is 11.7. The topological polar surface area (TPSA) is 159 Å². The van der Waals surface area contributed by atoms with Crippen LogP contribution in [0.25, 0.3) is 0 Å². The maximum Gasteiger partial charge on any atom is 2.00 e. The number of carbonyl (C=O) groups is 1. The molecule has 9 heteroatoms. The summed E-state index contributed by atoms with van der Waals surface area (Å²) in [6.07, 6.45) is -7.84. The fourth-order valence-corrected chi connectivity index (χ4v) is 0.668. The van der Waals surface area contributed by atoms with Crippen molar-refractivity contribution in [3.63, 3.8) is 0 Å². The molecule has 0 aromatic carbocycles. The van der Waals surface area contributed by atoms with Gasteiger partial charge < -0.3 is 38.6 Å². The zero-order valence-electron chi connectivity index (χ0n) is 11.5. The number of hydrogen-bond donors (Lipinski definition) is 7. The third kappa shape index (κ3) is 10.1. The number of aliphatic carboxylic acids is 1. The van der Waals surface area contributed by atoms with Crippen LogP contribution in [-0.4, -0.2) is 117 Å². The standard InChI is InChI=1S/C6H12O7.C2H6O.Ca.2H/c7-1-2(8)3(9)4(10)5(11)6(12)13;1-2-3;;;/h2-5,7-11H,1H2,(H,12,13);3H,2H2,1H3;;;/q;;+2;2*-1. The van der Waals surface area contributed by atoms with Gasteiger partial charge in [-0.05, 0) is 6.92 Å². The zero-order chi connectivity index (χ0) is 13.3. The molecule has 0 fully saturated rings. The molecule has 0 heterocycles. The fourth-order valence-electron chi connectivity index (χ4n) is 0.668. The van der Waals surface area contributed by atoms with Crippen molar-refractivity contribution in [1.82, 2.24) is 0 Å². The van der Waals surface area contributed by atoms with E-state index in [9.17, 15) is 4.79 Å². The smallest absolute Gasteiger partial charge is 1.00 e. The molecular weight excluding hydrogens is 264 g/mol. The van der Waals surface area contributed by atoms with Gasteiger partial charge in [0, 0.05) is 6.61 Å². The van der Waals surface area contributed by atoms with E-state index in [0.29, 0.717) is 0 Å². The van der Waals surface area contributed by atoms with Gasteiger partial charge in [-0.15, -0.1) is 0 Å². The molecule has 8 nitrogen and oxygen atoms in total. The molecule has 4 unspecified atom stereocenters.